The average molecular weight is 260 g/mol. The van der Waals surface area contributed by atoms with Crippen LogP contribution in [0.25, 0.3) is 0 Å². The lowest BCUT2D eigenvalue weighted by Crippen LogP contribution is -2.06. The Bertz CT molecular complexity index is 331. The first-order valence-electron chi connectivity index (χ1n) is 7.58. The maximum atomic E-state index is 4.03. The Balaban J connectivity index is 0.000000191. The van der Waals surface area contributed by atoms with Gasteiger partial charge in [-0.2, -0.15) is 0 Å². The minimum Gasteiger partial charge on any atom is -0.301 e. The normalized spacial score (nSPS) is 21.1. The predicted molar refractivity (Wildman–Crippen MR) is 86.5 cm³/mol. The number of hydrogen-bond donors (Lipinski definition) is 0. The SMILES string of the molecule is CN=CC1=CCCCC=C1.CN=CC1CCCCC1. The van der Waals surface area contributed by atoms with Crippen molar-refractivity contribution in [2.24, 2.45) is 15.9 Å². The number of rotatable bonds is 2. The van der Waals surface area contributed by atoms with Crippen LogP contribution in [0.1, 0.15) is 51.4 Å². The topological polar surface area (TPSA) is 24.7 Å². The highest BCUT2D eigenvalue weighted by Gasteiger charge is 2.09. The Kier molecular flexibility index (Phi) is 8.95. The first-order chi connectivity index (χ1) is 9.36. The predicted octanol–water partition coefficient (Wildman–Crippen LogP) is 4.62. The summed E-state index contributed by atoms with van der Waals surface area (Å²) in [5.41, 5.74) is 1.25. The van der Waals surface area contributed by atoms with E-state index in [1.807, 2.05) is 13.3 Å². The van der Waals surface area contributed by atoms with Gasteiger partial charge in [-0.15, -0.1) is 0 Å². The van der Waals surface area contributed by atoms with Gasteiger partial charge >= 0.3 is 0 Å². The van der Waals surface area contributed by atoms with Crippen molar-refractivity contribution >= 4 is 12.4 Å². The third kappa shape index (κ3) is 7.76. The fourth-order valence-corrected chi connectivity index (χ4v) is 2.53. The molecule has 0 aromatic heterocycles. The lowest BCUT2D eigenvalue weighted by Gasteiger charge is -2.16. The van der Waals surface area contributed by atoms with Gasteiger partial charge in [0.15, 0.2) is 0 Å². The summed E-state index contributed by atoms with van der Waals surface area (Å²) in [6, 6.07) is 0. The molecule has 2 rings (SSSR count). The largest absolute Gasteiger partial charge is 0.301 e. The zero-order chi connectivity index (χ0) is 13.8. The number of aliphatic imine (C=N–C) groups is 2. The zero-order valence-corrected chi connectivity index (χ0v) is 12.5. The van der Waals surface area contributed by atoms with Crippen LogP contribution in [0.2, 0.25) is 0 Å². The fourth-order valence-electron chi connectivity index (χ4n) is 2.53. The van der Waals surface area contributed by atoms with Crippen LogP contribution in [0.15, 0.2) is 33.8 Å². The molecule has 19 heavy (non-hydrogen) atoms. The second-order valence-corrected chi connectivity index (χ2v) is 5.23. The van der Waals surface area contributed by atoms with Crippen LogP contribution in [0.3, 0.4) is 0 Å². The van der Waals surface area contributed by atoms with Crippen molar-refractivity contribution in [1.82, 2.24) is 0 Å². The molecule has 0 bridgehead atoms. The molecule has 0 aliphatic heterocycles. The molecule has 0 unspecified atom stereocenters. The molecule has 0 aromatic carbocycles. The third-order valence-corrected chi connectivity index (χ3v) is 3.55. The van der Waals surface area contributed by atoms with Gasteiger partial charge in [0.25, 0.3) is 0 Å². The van der Waals surface area contributed by atoms with E-state index < -0.39 is 0 Å². The van der Waals surface area contributed by atoms with E-state index in [1.54, 1.807) is 7.05 Å². The van der Waals surface area contributed by atoms with E-state index in [0.717, 1.165) is 5.92 Å². The molecule has 0 aromatic rings. The summed E-state index contributed by atoms with van der Waals surface area (Å²) >= 11 is 0. The molecule has 2 aliphatic rings. The Morgan fingerprint density at radius 2 is 1.79 bits per heavy atom. The number of allylic oxidation sites excluding steroid dienone is 4. The molecule has 106 valence electrons. The van der Waals surface area contributed by atoms with E-state index >= 15 is 0 Å². The molecule has 0 spiro atoms. The first-order valence-corrected chi connectivity index (χ1v) is 7.58. The molecule has 0 atom stereocenters. The van der Waals surface area contributed by atoms with E-state index in [-0.39, 0.29) is 0 Å². The van der Waals surface area contributed by atoms with Crippen LogP contribution in [0.5, 0.6) is 0 Å². The highest BCUT2D eigenvalue weighted by Crippen LogP contribution is 2.21. The smallest absolute Gasteiger partial charge is 0.0278 e. The van der Waals surface area contributed by atoms with Gasteiger partial charge in [0.05, 0.1) is 0 Å². The van der Waals surface area contributed by atoms with Crippen molar-refractivity contribution in [2.75, 3.05) is 14.1 Å². The molecule has 0 heterocycles. The Morgan fingerprint density at radius 1 is 1.00 bits per heavy atom. The monoisotopic (exact) mass is 260 g/mol. The van der Waals surface area contributed by atoms with Crippen molar-refractivity contribution in [3.63, 3.8) is 0 Å². The van der Waals surface area contributed by atoms with Crippen molar-refractivity contribution in [2.45, 2.75) is 51.4 Å². The molecule has 1 saturated carbocycles. The van der Waals surface area contributed by atoms with E-state index in [2.05, 4.69) is 34.4 Å². The highest BCUT2D eigenvalue weighted by atomic mass is 14.6. The van der Waals surface area contributed by atoms with Crippen molar-refractivity contribution in [1.29, 1.82) is 0 Å². The van der Waals surface area contributed by atoms with Gasteiger partial charge in [-0.05, 0) is 43.6 Å². The molecule has 0 N–H and O–H groups in total. The van der Waals surface area contributed by atoms with Gasteiger partial charge in [0.2, 0.25) is 0 Å². The Morgan fingerprint density at radius 3 is 2.47 bits per heavy atom. The molecule has 1 fully saturated rings. The lowest BCUT2D eigenvalue weighted by molar-refractivity contribution is 0.445. The maximum Gasteiger partial charge on any atom is 0.0278 e. The minimum atomic E-state index is 0.809. The van der Waals surface area contributed by atoms with Crippen molar-refractivity contribution in [3.8, 4) is 0 Å². The maximum absolute atomic E-state index is 4.03. The fraction of sp³-hybridized carbons (Fsp3) is 0.647. The summed E-state index contributed by atoms with van der Waals surface area (Å²) in [5, 5.41) is 0. The highest BCUT2D eigenvalue weighted by molar-refractivity contribution is 5.82. The van der Waals surface area contributed by atoms with Crippen LogP contribution in [0.4, 0.5) is 0 Å². The number of nitrogens with zero attached hydrogens (tertiary/aromatic N) is 2. The lowest BCUT2D eigenvalue weighted by atomic mass is 9.90. The average Bonchev–Trinajstić information content (AvgIpc) is 2.70. The van der Waals surface area contributed by atoms with E-state index in [4.69, 9.17) is 0 Å². The molecular formula is C17H28N2. The van der Waals surface area contributed by atoms with Gasteiger partial charge < -0.3 is 4.99 Å². The van der Waals surface area contributed by atoms with Crippen LogP contribution >= 0.6 is 0 Å². The quantitative estimate of drug-likeness (QED) is 0.647. The first kappa shape index (κ1) is 15.9. The zero-order valence-electron chi connectivity index (χ0n) is 12.5. The molecular weight excluding hydrogens is 232 g/mol. The number of hydrogen-bond acceptors (Lipinski definition) is 2. The van der Waals surface area contributed by atoms with Gasteiger partial charge in [0.1, 0.15) is 0 Å². The van der Waals surface area contributed by atoms with Gasteiger partial charge in [-0.3, -0.25) is 4.99 Å². The van der Waals surface area contributed by atoms with Crippen molar-refractivity contribution < 1.29 is 0 Å². The van der Waals surface area contributed by atoms with Crippen LogP contribution < -0.4 is 0 Å². The Labute approximate surface area is 118 Å². The summed E-state index contributed by atoms with van der Waals surface area (Å²) < 4.78 is 0. The molecule has 0 amide bonds. The van der Waals surface area contributed by atoms with E-state index in [1.165, 1.54) is 56.9 Å². The van der Waals surface area contributed by atoms with Crippen molar-refractivity contribution in [3.05, 3.63) is 23.8 Å². The second kappa shape index (κ2) is 10.7. The molecule has 2 heteroatoms. The second-order valence-electron chi connectivity index (χ2n) is 5.23. The molecule has 0 radical (unpaired) electrons. The Hall–Kier alpha value is -1.18. The molecule has 2 nitrogen and oxygen atoms in total. The summed E-state index contributed by atoms with van der Waals surface area (Å²) in [6.45, 7) is 0. The van der Waals surface area contributed by atoms with Gasteiger partial charge in [-0.1, -0.05) is 37.5 Å². The summed E-state index contributed by atoms with van der Waals surface area (Å²) in [5.74, 6) is 0.809. The van der Waals surface area contributed by atoms with Gasteiger partial charge in [-0.25, -0.2) is 0 Å². The van der Waals surface area contributed by atoms with Crippen LogP contribution in [0, 0.1) is 5.92 Å². The third-order valence-electron chi connectivity index (χ3n) is 3.55. The molecule has 2 aliphatic carbocycles. The van der Waals surface area contributed by atoms with Crippen LogP contribution in [-0.2, 0) is 0 Å². The standard InChI is InChI=1S/C9H13N.C8H15N/c1-10-8-9-6-4-2-3-5-7-9;1-9-7-8-5-3-2-4-6-8/h4,6-8H,2-3,5H2,1H3;7-8H,2-6H2,1H3. The summed E-state index contributed by atoms with van der Waals surface area (Å²) in [7, 11) is 3.67. The molecule has 0 saturated heterocycles. The minimum absolute atomic E-state index is 0.809. The summed E-state index contributed by atoms with van der Waals surface area (Å²) in [4.78, 5) is 7.99. The van der Waals surface area contributed by atoms with Crippen LogP contribution in [-0.4, -0.2) is 26.5 Å². The van der Waals surface area contributed by atoms with Gasteiger partial charge in [0, 0.05) is 26.5 Å². The van der Waals surface area contributed by atoms with E-state index in [0.29, 0.717) is 0 Å². The van der Waals surface area contributed by atoms with E-state index in [9.17, 15) is 0 Å². The summed E-state index contributed by atoms with van der Waals surface area (Å²) in [6.07, 6.45) is 21.3.